The van der Waals surface area contributed by atoms with Gasteiger partial charge in [0.25, 0.3) is 0 Å². The first-order valence-corrected chi connectivity index (χ1v) is 6.05. The van der Waals surface area contributed by atoms with Crippen LogP contribution in [-0.4, -0.2) is 19.5 Å². The molecule has 0 spiro atoms. The lowest BCUT2D eigenvalue weighted by molar-refractivity contribution is -0.108. The Labute approximate surface area is 103 Å². The number of hydrogen-bond donors (Lipinski definition) is 0. The van der Waals surface area contributed by atoms with Crippen LogP contribution in [0.1, 0.15) is 24.8 Å². The van der Waals surface area contributed by atoms with E-state index in [0.717, 1.165) is 27.8 Å². The zero-order chi connectivity index (χ0) is 11.5. The molecule has 1 aromatic carbocycles. The molecule has 4 heteroatoms. The van der Waals surface area contributed by atoms with Crippen molar-refractivity contribution in [2.75, 3.05) is 13.2 Å². The molecule has 2 rings (SSSR count). The van der Waals surface area contributed by atoms with Gasteiger partial charge in [0.2, 0.25) is 0 Å². The van der Waals surface area contributed by atoms with Crippen LogP contribution < -0.4 is 9.47 Å². The molecule has 3 nitrogen and oxygen atoms in total. The standard InChI is InChI=1S/C12H13BrO3/c1-8(4-5-14)9-2-3-10(13)12-11(9)15-6-7-16-12/h2-3,5,8H,4,6-7H2,1H3. The van der Waals surface area contributed by atoms with Crippen LogP contribution in [-0.2, 0) is 4.79 Å². The molecule has 1 unspecified atom stereocenters. The summed E-state index contributed by atoms with van der Waals surface area (Å²) in [6.07, 6.45) is 1.43. The van der Waals surface area contributed by atoms with Gasteiger partial charge in [0, 0.05) is 12.0 Å². The third kappa shape index (κ3) is 2.07. The van der Waals surface area contributed by atoms with Gasteiger partial charge in [-0.15, -0.1) is 0 Å². The van der Waals surface area contributed by atoms with Gasteiger partial charge in [-0.2, -0.15) is 0 Å². The van der Waals surface area contributed by atoms with E-state index in [2.05, 4.69) is 15.9 Å². The van der Waals surface area contributed by atoms with Gasteiger partial charge in [0.1, 0.15) is 19.5 Å². The third-order valence-electron chi connectivity index (χ3n) is 2.65. The monoisotopic (exact) mass is 284 g/mol. The van der Waals surface area contributed by atoms with Crippen LogP contribution in [0.5, 0.6) is 11.5 Å². The van der Waals surface area contributed by atoms with Crippen LogP contribution in [0.15, 0.2) is 16.6 Å². The normalized spacial score (nSPS) is 15.6. The van der Waals surface area contributed by atoms with Crippen molar-refractivity contribution in [2.45, 2.75) is 19.3 Å². The van der Waals surface area contributed by atoms with Gasteiger partial charge in [-0.1, -0.05) is 13.0 Å². The van der Waals surface area contributed by atoms with Crippen LogP contribution in [0, 0.1) is 0 Å². The summed E-state index contributed by atoms with van der Waals surface area (Å²) in [5.74, 6) is 1.68. The Hall–Kier alpha value is -1.03. The molecular formula is C12H13BrO3. The van der Waals surface area contributed by atoms with E-state index in [9.17, 15) is 4.79 Å². The summed E-state index contributed by atoms with van der Waals surface area (Å²) in [6.45, 7) is 3.14. The number of carbonyl (C=O) groups is 1. The molecule has 0 saturated carbocycles. The molecule has 0 fully saturated rings. The number of hydrogen-bond acceptors (Lipinski definition) is 3. The zero-order valence-electron chi connectivity index (χ0n) is 9.03. The lowest BCUT2D eigenvalue weighted by Gasteiger charge is -2.24. The highest BCUT2D eigenvalue weighted by Crippen LogP contribution is 2.43. The van der Waals surface area contributed by atoms with Crippen molar-refractivity contribution in [1.82, 2.24) is 0 Å². The molecule has 0 radical (unpaired) electrons. The SMILES string of the molecule is CC(CC=O)c1ccc(Br)c2c1OCCO2. The summed E-state index contributed by atoms with van der Waals surface area (Å²) in [5.41, 5.74) is 1.03. The van der Waals surface area contributed by atoms with Crippen LogP contribution in [0.25, 0.3) is 0 Å². The molecule has 16 heavy (non-hydrogen) atoms. The fourth-order valence-electron chi connectivity index (χ4n) is 1.78. The van der Waals surface area contributed by atoms with Gasteiger partial charge in [-0.3, -0.25) is 0 Å². The van der Waals surface area contributed by atoms with Gasteiger partial charge >= 0.3 is 0 Å². The molecule has 0 saturated heterocycles. The lowest BCUT2D eigenvalue weighted by atomic mass is 9.97. The van der Waals surface area contributed by atoms with Crippen molar-refractivity contribution in [1.29, 1.82) is 0 Å². The molecule has 1 atom stereocenters. The van der Waals surface area contributed by atoms with E-state index in [4.69, 9.17) is 9.47 Å². The van der Waals surface area contributed by atoms with Crippen molar-refractivity contribution in [3.8, 4) is 11.5 Å². The number of aldehydes is 1. The number of ether oxygens (including phenoxy) is 2. The molecule has 1 heterocycles. The van der Waals surface area contributed by atoms with Crippen molar-refractivity contribution in [3.05, 3.63) is 22.2 Å². The summed E-state index contributed by atoms with van der Waals surface area (Å²) >= 11 is 3.43. The maximum absolute atomic E-state index is 10.5. The lowest BCUT2D eigenvalue weighted by Crippen LogP contribution is -2.17. The van der Waals surface area contributed by atoms with E-state index in [1.54, 1.807) is 0 Å². The van der Waals surface area contributed by atoms with Gasteiger partial charge in [0.15, 0.2) is 11.5 Å². The van der Waals surface area contributed by atoms with Gasteiger partial charge in [-0.05, 0) is 27.9 Å². The maximum atomic E-state index is 10.5. The molecule has 1 aliphatic heterocycles. The second kappa shape index (κ2) is 4.87. The van der Waals surface area contributed by atoms with Crippen molar-refractivity contribution in [3.63, 3.8) is 0 Å². The summed E-state index contributed by atoms with van der Waals surface area (Å²) < 4.78 is 12.1. The van der Waals surface area contributed by atoms with Crippen molar-refractivity contribution < 1.29 is 14.3 Å². The first-order chi connectivity index (χ1) is 7.74. The summed E-state index contributed by atoms with van der Waals surface area (Å²) in [4.78, 5) is 10.5. The molecule has 0 amide bonds. The fourth-order valence-corrected chi connectivity index (χ4v) is 2.21. The molecule has 0 bridgehead atoms. The minimum absolute atomic E-state index is 0.154. The van der Waals surface area contributed by atoms with E-state index in [1.807, 2.05) is 19.1 Å². The highest BCUT2D eigenvalue weighted by molar-refractivity contribution is 9.10. The van der Waals surface area contributed by atoms with Crippen LogP contribution >= 0.6 is 15.9 Å². The topological polar surface area (TPSA) is 35.5 Å². The predicted octanol–water partition coefficient (Wildman–Crippen LogP) is 2.91. The average molecular weight is 285 g/mol. The predicted molar refractivity (Wildman–Crippen MR) is 64.2 cm³/mol. The van der Waals surface area contributed by atoms with Gasteiger partial charge in [0.05, 0.1) is 4.47 Å². The highest BCUT2D eigenvalue weighted by atomic mass is 79.9. The summed E-state index contributed by atoms with van der Waals surface area (Å²) in [6, 6.07) is 3.91. The van der Waals surface area contributed by atoms with Crippen LogP contribution in [0.3, 0.4) is 0 Å². The van der Waals surface area contributed by atoms with Gasteiger partial charge < -0.3 is 14.3 Å². The third-order valence-corrected chi connectivity index (χ3v) is 3.28. The first-order valence-electron chi connectivity index (χ1n) is 5.25. The smallest absolute Gasteiger partial charge is 0.175 e. The minimum atomic E-state index is 0.154. The molecule has 0 aromatic heterocycles. The fraction of sp³-hybridized carbons (Fsp3) is 0.417. The molecule has 0 aliphatic carbocycles. The number of carbonyl (C=O) groups excluding carboxylic acids is 1. The minimum Gasteiger partial charge on any atom is -0.486 e. The Morgan fingerprint density at radius 1 is 1.38 bits per heavy atom. The van der Waals surface area contributed by atoms with Crippen molar-refractivity contribution >= 4 is 22.2 Å². The average Bonchev–Trinajstić information content (AvgIpc) is 2.30. The molecular weight excluding hydrogens is 272 g/mol. The van der Waals surface area contributed by atoms with Crippen LogP contribution in [0.2, 0.25) is 0 Å². The summed E-state index contributed by atoms with van der Waals surface area (Å²) in [7, 11) is 0. The number of halogens is 1. The first kappa shape index (κ1) is 11.5. The second-order valence-corrected chi connectivity index (χ2v) is 4.65. The molecule has 86 valence electrons. The highest BCUT2D eigenvalue weighted by Gasteiger charge is 2.21. The number of rotatable bonds is 3. The van der Waals surface area contributed by atoms with E-state index in [1.165, 1.54) is 0 Å². The Morgan fingerprint density at radius 2 is 2.06 bits per heavy atom. The largest absolute Gasteiger partial charge is 0.486 e. The zero-order valence-corrected chi connectivity index (χ0v) is 10.6. The van der Waals surface area contributed by atoms with Crippen LogP contribution in [0.4, 0.5) is 0 Å². The molecule has 1 aliphatic rings. The quantitative estimate of drug-likeness (QED) is 0.801. The maximum Gasteiger partial charge on any atom is 0.175 e. The van der Waals surface area contributed by atoms with Crippen molar-refractivity contribution in [2.24, 2.45) is 0 Å². The number of benzene rings is 1. The Kier molecular flexibility index (Phi) is 3.49. The Morgan fingerprint density at radius 3 is 2.75 bits per heavy atom. The molecule has 1 aromatic rings. The molecule has 0 N–H and O–H groups in total. The second-order valence-electron chi connectivity index (χ2n) is 3.80. The van der Waals surface area contributed by atoms with E-state index in [0.29, 0.717) is 19.6 Å². The van der Waals surface area contributed by atoms with E-state index < -0.39 is 0 Å². The van der Waals surface area contributed by atoms with E-state index >= 15 is 0 Å². The van der Waals surface area contributed by atoms with Gasteiger partial charge in [-0.25, -0.2) is 0 Å². The Bertz CT molecular complexity index is 403. The summed E-state index contributed by atoms with van der Waals surface area (Å²) in [5, 5.41) is 0. The van der Waals surface area contributed by atoms with E-state index in [-0.39, 0.29) is 5.92 Å². The number of fused-ring (bicyclic) bond motifs is 1. The Balaban J connectivity index is 2.42.